The van der Waals surface area contributed by atoms with Crippen molar-refractivity contribution < 1.29 is 37.3 Å². The van der Waals surface area contributed by atoms with Gasteiger partial charge in [-0.2, -0.15) is 13.2 Å². The number of carboxylic acids is 1. The second-order valence-corrected chi connectivity index (χ2v) is 8.12. The Hall–Kier alpha value is -1.39. The lowest BCUT2D eigenvalue weighted by Gasteiger charge is -2.25. The summed E-state index contributed by atoms with van der Waals surface area (Å²) in [5.74, 6) is -1.44. The molecule has 0 bridgehead atoms. The maximum absolute atomic E-state index is 11.5. The number of ether oxygens (including phenoxy) is 2. The number of likely N-dealkylation sites (tertiary alicyclic amines) is 1. The number of likely N-dealkylation sites (N-methyl/N-ethyl adjacent to an activating group) is 1. The second kappa shape index (κ2) is 10.6. The average Bonchev–Trinajstić information content (AvgIpc) is 3.35. The van der Waals surface area contributed by atoms with Gasteiger partial charge in [-0.15, -0.1) is 0 Å². The molecule has 3 atom stereocenters. The summed E-state index contributed by atoms with van der Waals surface area (Å²) >= 11 is 0. The van der Waals surface area contributed by atoms with Crippen LogP contribution in [0.3, 0.4) is 0 Å². The number of fused-ring (bicyclic) bond motifs is 1. The summed E-state index contributed by atoms with van der Waals surface area (Å²) in [6, 6.07) is 0.809. The quantitative estimate of drug-likeness (QED) is 0.657. The molecule has 3 fully saturated rings. The van der Waals surface area contributed by atoms with E-state index in [-0.39, 0.29) is 12.5 Å². The van der Waals surface area contributed by atoms with Crippen molar-refractivity contribution in [3.05, 3.63) is 0 Å². The average molecular weight is 424 g/mol. The van der Waals surface area contributed by atoms with Crippen molar-refractivity contribution in [1.82, 2.24) is 9.80 Å². The SMILES string of the molecule is CN(C)C(=O)COCC[C@H]1CO[C@H]2CN(C3CCCC3)C[C@@H]12.O=C(O)C(F)(F)F. The van der Waals surface area contributed by atoms with Gasteiger partial charge in [-0.3, -0.25) is 9.69 Å². The largest absolute Gasteiger partial charge is 0.490 e. The number of aliphatic carboxylic acids is 1. The summed E-state index contributed by atoms with van der Waals surface area (Å²) in [5.41, 5.74) is 0. The summed E-state index contributed by atoms with van der Waals surface area (Å²) in [6.45, 7) is 4.07. The van der Waals surface area contributed by atoms with E-state index in [1.54, 1.807) is 19.0 Å². The van der Waals surface area contributed by atoms with Crippen molar-refractivity contribution in [3.8, 4) is 0 Å². The highest BCUT2D eigenvalue weighted by Crippen LogP contribution is 2.38. The van der Waals surface area contributed by atoms with E-state index in [2.05, 4.69) is 4.90 Å². The molecule has 1 N–H and O–H groups in total. The van der Waals surface area contributed by atoms with E-state index in [4.69, 9.17) is 19.4 Å². The van der Waals surface area contributed by atoms with Crippen LogP contribution < -0.4 is 0 Å². The smallest absolute Gasteiger partial charge is 0.475 e. The van der Waals surface area contributed by atoms with Crippen molar-refractivity contribution in [2.75, 3.05) is 47.0 Å². The molecule has 3 rings (SSSR count). The highest BCUT2D eigenvalue weighted by atomic mass is 19.4. The number of hydrogen-bond donors (Lipinski definition) is 1. The minimum atomic E-state index is -5.08. The molecular formula is C19H31F3N2O5. The van der Waals surface area contributed by atoms with Gasteiger partial charge in [-0.25, -0.2) is 4.79 Å². The highest BCUT2D eigenvalue weighted by molar-refractivity contribution is 5.76. The summed E-state index contributed by atoms with van der Waals surface area (Å²) in [5, 5.41) is 7.12. The zero-order valence-electron chi connectivity index (χ0n) is 17.0. The van der Waals surface area contributed by atoms with E-state index in [1.165, 1.54) is 32.2 Å². The molecule has 29 heavy (non-hydrogen) atoms. The van der Waals surface area contributed by atoms with Crippen LogP contribution in [0.2, 0.25) is 0 Å². The van der Waals surface area contributed by atoms with Crippen LogP contribution in [0.15, 0.2) is 0 Å². The summed E-state index contributed by atoms with van der Waals surface area (Å²) in [7, 11) is 3.52. The Labute approximate surface area is 169 Å². The number of carbonyl (C=O) groups is 2. The molecule has 0 aromatic rings. The van der Waals surface area contributed by atoms with Crippen molar-refractivity contribution in [3.63, 3.8) is 0 Å². The van der Waals surface area contributed by atoms with Gasteiger partial charge in [0, 0.05) is 45.8 Å². The first-order valence-corrected chi connectivity index (χ1v) is 10.0. The van der Waals surface area contributed by atoms with Crippen molar-refractivity contribution in [1.29, 1.82) is 0 Å². The van der Waals surface area contributed by atoms with Crippen LogP contribution in [-0.4, -0.2) is 92.1 Å². The van der Waals surface area contributed by atoms with Gasteiger partial charge in [0.25, 0.3) is 0 Å². The Bertz CT molecular complexity index is 552. The van der Waals surface area contributed by atoms with Crippen LogP contribution >= 0.6 is 0 Å². The fourth-order valence-corrected chi connectivity index (χ4v) is 4.22. The number of rotatable bonds is 6. The number of carbonyl (C=O) groups excluding carboxylic acids is 1. The predicted molar refractivity (Wildman–Crippen MR) is 98.4 cm³/mol. The first-order valence-electron chi connectivity index (χ1n) is 10.0. The Morgan fingerprint density at radius 1 is 1.21 bits per heavy atom. The highest BCUT2D eigenvalue weighted by Gasteiger charge is 2.45. The fourth-order valence-electron chi connectivity index (χ4n) is 4.22. The van der Waals surface area contributed by atoms with Gasteiger partial charge in [0.1, 0.15) is 6.61 Å². The van der Waals surface area contributed by atoms with Gasteiger partial charge >= 0.3 is 12.1 Å². The minimum absolute atomic E-state index is 0.0359. The summed E-state index contributed by atoms with van der Waals surface area (Å²) in [6.07, 6.45) is 1.91. The molecule has 0 spiro atoms. The molecule has 7 nitrogen and oxygen atoms in total. The number of nitrogens with zero attached hydrogens (tertiary/aromatic N) is 2. The maximum atomic E-state index is 11.5. The van der Waals surface area contributed by atoms with E-state index in [9.17, 15) is 18.0 Å². The lowest BCUT2D eigenvalue weighted by Crippen LogP contribution is -2.33. The third kappa shape index (κ3) is 7.11. The lowest BCUT2D eigenvalue weighted by molar-refractivity contribution is -0.192. The molecule has 2 saturated heterocycles. The Balaban J connectivity index is 0.000000370. The standard InChI is InChI=1S/C17H30N2O3.C2HF3O2/c1-18(2)17(20)12-21-8-7-13-11-22-16-10-19(9-15(13)16)14-5-3-4-6-14;3-2(4,5)1(6)7/h13-16H,3-12H2,1-2H3;(H,6,7)/t13-,15-,16-;/m0./s1. The first-order chi connectivity index (χ1) is 13.6. The molecule has 1 saturated carbocycles. The topological polar surface area (TPSA) is 79.3 Å². The molecule has 1 aliphatic carbocycles. The molecule has 0 aromatic heterocycles. The van der Waals surface area contributed by atoms with Crippen molar-refractivity contribution in [2.45, 2.75) is 50.4 Å². The van der Waals surface area contributed by atoms with Gasteiger partial charge in [-0.05, 0) is 25.2 Å². The Kier molecular flexibility index (Phi) is 8.72. The maximum Gasteiger partial charge on any atom is 0.490 e. The molecule has 2 aliphatic heterocycles. The van der Waals surface area contributed by atoms with E-state index in [0.29, 0.717) is 24.5 Å². The number of alkyl halides is 3. The lowest BCUT2D eigenvalue weighted by atomic mass is 9.91. The zero-order chi connectivity index (χ0) is 21.6. The van der Waals surface area contributed by atoms with Crippen LogP contribution in [0.5, 0.6) is 0 Å². The normalized spacial score (nSPS) is 27.4. The van der Waals surface area contributed by atoms with Crippen LogP contribution in [0.1, 0.15) is 32.1 Å². The van der Waals surface area contributed by atoms with Gasteiger partial charge in [-0.1, -0.05) is 12.8 Å². The van der Waals surface area contributed by atoms with Gasteiger partial charge in [0.2, 0.25) is 5.91 Å². The molecule has 10 heteroatoms. The number of halogens is 3. The molecular weight excluding hydrogens is 393 g/mol. The van der Waals surface area contributed by atoms with Gasteiger partial charge in [0.15, 0.2) is 0 Å². The number of carboxylic acid groups (broad SMARTS) is 1. The van der Waals surface area contributed by atoms with E-state index in [0.717, 1.165) is 25.6 Å². The third-order valence-electron chi connectivity index (χ3n) is 5.91. The van der Waals surface area contributed by atoms with E-state index < -0.39 is 12.1 Å². The third-order valence-corrected chi connectivity index (χ3v) is 5.91. The Morgan fingerprint density at radius 2 is 1.83 bits per heavy atom. The minimum Gasteiger partial charge on any atom is -0.475 e. The zero-order valence-corrected chi connectivity index (χ0v) is 17.0. The van der Waals surface area contributed by atoms with Crippen LogP contribution in [0.25, 0.3) is 0 Å². The second-order valence-electron chi connectivity index (χ2n) is 8.12. The molecule has 1 amide bonds. The van der Waals surface area contributed by atoms with Crippen LogP contribution in [0.4, 0.5) is 13.2 Å². The van der Waals surface area contributed by atoms with E-state index >= 15 is 0 Å². The molecule has 2 heterocycles. The summed E-state index contributed by atoms with van der Waals surface area (Å²) < 4.78 is 43.3. The monoisotopic (exact) mass is 424 g/mol. The number of hydrogen-bond acceptors (Lipinski definition) is 5. The van der Waals surface area contributed by atoms with Gasteiger partial charge < -0.3 is 19.5 Å². The van der Waals surface area contributed by atoms with Crippen molar-refractivity contribution >= 4 is 11.9 Å². The number of amides is 1. The van der Waals surface area contributed by atoms with E-state index in [1.807, 2.05) is 0 Å². The predicted octanol–water partition coefficient (Wildman–Crippen LogP) is 2.00. The first kappa shape index (κ1) is 23.9. The van der Waals surface area contributed by atoms with Crippen LogP contribution in [-0.2, 0) is 19.1 Å². The molecule has 0 unspecified atom stereocenters. The van der Waals surface area contributed by atoms with Crippen LogP contribution in [0, 0.1) is 11.8 Å². The van der Waals surface area contributed by atoms with Crippen molar-refractivity contribution in [2.24, 2.45) is 11.8 Å². The fraction of sp³-hybridized carbons (Fsp3) is 0.895. The molecule has 0 radical (unpaired) electrons. The summed E-state index contributed by atoms with van der Waals surface area (Å²) in [4.78, 5) is 24.6. The van der Waals surface area contributed by atoms with Gasteiger partial charge in [0.05, 0.1) is 12.7 Å². The Morgan fingerprint density at radius 3 is 2.38 bits per heavy atom. The molecule has 168 valence electrons. The molecule has 0 aromatic carbocycles. The molecule has 3 aliphatic rings.